The van der Waals surface area contributed by atoms with Gasteiger partial charge in [-0.05, 0) is 31.5 Å². The zero-order valence-electron chi connectivity index (χ0n) is 12.3. The van der Waals surface area contributed by atoms with Crippen molar-refractivity contribution in [1.82, 2.24) is 15.0 Å². The SMILES string of the molecule is Cc1ccc(-c2c(C(=O)O)nnn2-c2cccc(C)c2)cc1. The van der Waals surface area contributed by atoms with E-state index in [0.717, 1.165) is 22.4 Å². The van der Waals surface area contributed by atoms with Crippen molar-refractivity contribution in [3.05, 3.63) is 65.4 Å². The van der Waals surface area contributed by atoms with Gasteiger partial charge in [-0.2, -0.15) is 0 Å². The van der Waals surface area contributed by atoms with E-state index in [2.05, 4.69) is 10.3 Å². The third-order valence-electron chi connectivity index (χ3n) is 3.44. The molecule has 22 heavy (non-hydrogen) atoms. The number of aromatic carboxylic acids is 1. The molecule has 1 aromatic heterocycles. The minimum Gasteiger partial charge on any atom is -0.476 e. The fourth-order valence-corrected chi connectivity index (χ4v) is 2.34. The van der Waals surface area contributed by atoms with Gasteiger partial charge in [0.15, 0.2) is 5.69 Å². The summed E-state index contributed by atoms with van der Waals surface area (Å²) in [5.74, 6) is -1.09. The van der Waals surface area contributed by atoms with Crippen LogP contribution in [0.3, 0.4) is 0 Å². The van der Waals surface area contributed by atoms with Gasteiger partial charge in [0.25, 0.3) is 0 Å². The van der Waals surface area contributed by atoms with Crippen molar-refractivity contribution in [2.75, 3.05) is 0 Å². The maximum atomic E-state index is 11.5. The van der Waals surface area contributed by atoms with Crippen LogP contribution < -0.4 is 0 Å². The first-order valence-electron chi connectivity index (χ1n) is 6.89. The molecule has 0 aliphatic rings. The Morgan fingerprint density at radius 1 is 1.05 bits per heavy atom. The normalized spacial score (nSPS) is 10.6. The van der Waals surface area contributed by atoms with E-state index in [1.54, 1.807) is 4.68 Å². The highest BCUT2D eigenvalue weighted by molar-refractivity contribution is 5.93. The van der Waals surface area contributed by atoms with E-state index in [0.29, 0.717) is 5.69 Å². The number of benzene rings is 2. The van der Waals surface area contributed by atoms with Crippen LogP contribution in [0.15, 0.2) is 48.5 Å². The zero-order chi connectivity index (χ0) is 15.7. The lowest BCUT2D eigenvalue weighted by atomic mass is 10.1. The minimum atomic E-state index is -1.09. The van der Waals surface area contributed by atoms with Crippen LogP contribution in [-0.2, 0) is 0 Å². The number of carboxylic acids is 1. The molecule has 0 bridgehead atoms. The minimum absolute atomic E-state index is 0.0506. The monoisotopic (exact) mass is 293 g/mol. The molecule has 1 heterocycles. The molecular weight excluding hydrogens is 278 g/mol. The molecule has 0 spiro atoms. The van der Waals surface area contributed by atoms with Crippen molar-refractivity contribution >= 4 is 5.97 Å². The second-order valence-corrected chi connectivity index (χ2v) is 5.21. The van der Waals surface area contributed by atoms with Crippen molar-refractivity contribution in [3.8, 4) is 16.9 Å². The summed E-state index contributed by atoms with van der Waals surface area (Å²) < 4.78 is 1.57. The van der Waals surface area contributed by atoms with E-state index in [-0.39, 0.29) is 5.69 Å². The zero-order valence-corrected chi connectivity index (χ0v) is 12.3. The smallest absolute Gasteiger partial charge is 0.358 e. The molecule has 2 aromatic carbocycles. The summed E-state index contributed by atoms with van der Waals surface area (Å²) in [6.07, 6.45) is 0. The number of carbonyl (C=O) groups is 1. The van der Waals surface area contributed by atoms with Gasteiger partial charge in [-0.1, -0.05) is 47.2 Å². The highest BCUT2D eigenvalue weighted by atomic mass is 16.4. The van der Waals surface area contributed by atoms with Crippen LogP contribution in [0.5, 0.6) is 0 Å². The van der Waals surface area contributed by atoms with Gasteiger partial charge in [0.05, 0.1) is 5.69 Å². The Morgan fingerprint density at radius 2 is 1.77 bits per heavy atom. The van der Waals surface area contributed by atoms with E-state index in [1.165, 1.54) is 0 Å². The van der Waals surface area contributed by atoms with Gasteiger partial charge in [-0.25, -0.2) is 9.48 Å². The van der Waals surface area contributed by atoms with Gasteiger partial charge >= 0.3 is 5.97 Å². The van der Waals surface area contributed by atoms with Crippen LogP contribution >= 0.6 is 0 Å². The summed E-state index contributed by atoms with van der Waals surface area (Å²) in [4.78, 5) is 11.5. The molecule has 0 atom stereocenters. The lowest BCUT2D eigenvalue weighted by Gasteiger charge is -2.08. The number of aromatic nitrogens is 3. The largest absolute Gasteiger partial charge is 0.476 e. The molecular formula is C17H15N3O2. The molecule has 0 saturated heterocycles. The van der Waals surface area contributed by atoms with E-state index < -0.39 is 5.97 Å². The summed E-state index contributed by atoms with van der Waals surface area (Å²) in [5.41, 5.74) is 4.17. The Balaban J connectivity index is 2.24. The van der Waals surface area contributed by atoms with Crippen molar-refractivity contribution in [3.63, 3.8) is 0 Å². The Hall–Kier alpha value is -2.95. The fourth-order valence-electron chi connectivity index (χ4n) is 2.34. The van der Waals surface area contributed by atoms with Crippen LogP contribution in [-0.4, -0.2) is 26.1 Å². The molecule has 0 unspecified atom stereocenters. The predicted molar refractivity (Wildman–Crippen MR) is 83.2 cm³/mol. The van der Waals surface area contributed by atoms with Gasteiger partial charge in [-0.15, -0.1) is 5.10 Å². The topological polar surface area (TPSA) is 68.0 Å². The van der Waals surface area contributed by atoms with Crippen LogP contribution in [0.1, 0.15) is 21.6 Å². The van der Waals surface area contributed by atoms with Crippen molar-refractivity contribution in [2.45, 2.75) is 13.8 Å². The van der Waals surface area contributed by atoms with E-state index in [4.69, 9.17) is 0 Å². The third kappa shape index (κ3) is 2.48. The second-order valence-electron chi connectivity index (χ2n) is 5.21. The van der Waals surface area contributed by atoms with Gasteiger partial charge in [0.1, 0.15) is 5.69 Å². The first-order chi connectivity index (χ1) is 10.6. The quantitative estimate of drug-likeness (QED) is 0.805. The van der Waals surface area contributed by atoms with Crippen LogP contribution in [0.25, 0.3) is 16.9 Å². The molecule has 0 aliphatic heterocycles. The van der Waals surface area contributed by atoms with Crippen LogP contribution in [0, 0.1) is 13.8 Å². The Labute approximate surface area is 127 Å². The summed E-state index contributed by atoms with van der Waals surface area (Å²) in [5, 5.41) is 17.2. The highest BCUT2D eigenvalue weighted by Crippen LogP contribution is 2.26. The molecule has 0 fully saturated rings. The molecule has 110 valence electrons. The number of aryl methyl sites for hydroxylation is 2. The number of hydrogen-bond donors (Lipinski definition) is 1. The average Bonchev–Trinajstić information content (AvgIpc) is 2.93. The third-order valence-corrected chi connectivity index (χ3v) is 3.44. The lowest BCUT2D eigenvalue weighted by molar-refractivity contribution is 0.0691. The van der Waals surface area contributed by atoms with Gasteiger partial charge in [-0.3, -0.25) is 0 Å². The standard InChI is InChI=1S/C17H15N3O2/c1-11-6-8-13(9-7-11)16-15(17(21)22)18-19-20(16)14-5-3-4-12(2)10-14/h3-10H,1-2H3,(H,21,22). The Bertz CT molecular complexity index is 835. The molecule has 3 aromatic rings. The maximum Gasteiger partial charge on any atom is 0.358 e. The van der Waals surface area contributed by atoms with Gasteiger partial charge < -0.3 is 5.11 Å². The molecule has 5 heteroatoms. The number of hydrogen-bond acceptors (Lipinski definition) is 3. The number of carboxylic acid groups (broad SMARTS) is 1. The molecule has 1 N–H and O–H groups in total. The van der Waals surface area contributed by atoms with E-state index in [9.17, 15) is 9.90 Å². The lowest BCUT2D eigenvalue weighted by Crippen LogP contribution is -2.03. The maximum absolute atomic E-state index is 11.5. The first kappa shape index (κ1) is 14.0. The molecule has 0 amide bonds. The fraction of sp³-hybridized carbons (Fsp3) is 0.118. The number of rotatable bonds is 3. The average molecular weight is 293 g/mol. The van der Waals surface area contributed by atoms with Gasteiger partial charge in [0, 0.05) is 5.56 Å². The highest BCUT2D eigenvalue weighted by Gasteiger charge is 2.21. The summed E-state index contributed by atoms with van der Waals surface area (Å²) >= 11 is 0. The summed E-state index contributed by atoms with van der Waals surface area (Å²) in [6, 6.07) is 15.3. The predicted octanol–water partition coefficient (Wildman–Crippen LogP) is 3.25. The van der Waals surface area contributed by atoms with Gasteiger partial charge in [0.2, 0.25) is 0 Å². The number of nitrogens with zero attached hydrogens (tertiary/aromatic N) is 3. The molecule has 0 radical (unpaired) electrons. The van der Waals surface area contributed by atoms with Crippen molar-refractivity contribution in [2.24, 2.45) is 0 Å². The molecule has 0 saturated carbocycles. The molecule has 5 nitrogen and oxygen atoms in total. The van der Waals surface area contributed by atoms with Crippen LogP contribution in [0.4, 0.5) is 0 Å². The van der Waals surface area contributed by atoms with E-state index in [1.807, 2.05) is 62.4 Å². The first-order valence-corrected chi connectivity index (χ1v) is 6.89. The Morgan fingerprint density at radius 3 is 2.41 bits per heavy atom. The summed E-state index contributed by atoms with van der Waals surface area (Å²) in [7, 11) is 0. The van der Waals surface area contributed by atoms with E-state index >= 15 is 0 Å². The van der Waals surface area contributed by atoms with Crippen LogP contribution in [0.2, 0.25) is 0 Å². The second kappa shape index (κ2) is 5.44. The van der Waals surface area contributed by atoms with Crippen molar-refractivity contribution < 1.29 is 9.90 Å². The Kier molecular flexibility index (Phi) is 3.47. The van der Waals surface area contributed by atoms with Crippen molar-refractivity contribution in [1.29, 1.82) is 0 Å². The summed E-state index contributed by atoms with van der Waals surface area (Å²) in [6.45, 7) is 3.96. The molecule has 3 rings (SSSR count). The molecule has 0 aliphatic carbocycles.